The highest BCUT2D eigenvalue weighted by atomic mass is 16.4. The van der Waals surface area contributed by atoms with Gasteiger partial charge in [-0.15, -0.1) is 0 Å². The number of nitrogens with one attached hydrogen (secondary N) is 1. The van der Waals surface area contributed by atoms with E-state index in [2.05, 4.69) is 10.3 Å². The van der Waals surface area contributed by atoms with Gasteiger partial charge in [-0.05, 0) is 13.8 Å². The molecule has 1 rings (SSSR count). The standard InChI is InChI=1S/C6H10N2O/c1-4-5(2)9-6(7-3)8-4/h1-3H3,(H,7,8). The molecule has 3 heteroatoms. The van der Waals surface area contributed by atoms with Crippen LogP contribution in [-0.2, 0) is 0 Å². The molecule has 0 atom stereocenters. The number of hydrogen-bond acceptors (Lipinski definition) is 3. The Bertz CT molecular complexity index is 185. The highest BCUT2D eigenvalue weighted by molar-refractivity contribution is 5.22. The normalized spacial score (nSPS) is 9.67. The molecule has 1 aromatic rings. The third kappa shape index (κ3) is 1.04. The quantitative estimate of drug-likeness (QED) is 0.617. The number of anilines is 1. The van der Waals surface area contributed by atoms with E-state index in [-0.39, 0.29) is 0 Å². The fourth-order valence-electron chi connectivity index (χ4n) is 0.580. The van der Waals surface area contributed by atoms with E-state index in [1.54, 1.807) is 7.05 Å². The van der Waals surface area contributed by atoms with Gasteiger partial charge in [0.25, 0.3) is 6.01 Å². The Hall–Kier alpha value is -0.990. The molecule has 3 nitrogen and oxygen atoms in total. The van der Waals surface area contributed by atoms with Gasteiger partial charge in [0.15, 0.2) is 0 Å². The average molecular weight is 126 g/mol. The van der Waals surface area contributed by atoms with Gasteiger partial charge in [-0.3, -0.25) is 0 Å². The maximum absolute atomic E-state index is 5.14. The van der Waals surface area contributed by atoms with Crippen molar-refractivity contribution in [2.24, 2.45) is 0 Å². The summed E-state index contributed by atoms with van der Waals surface area (Å²) in [6.07, 6.45) is 0. The second-order valence-corrected chi connectivity index (χ2v) is 1.91. The molecule has 1 aromatic heterocycles. The molecule has 0 unspecified atom stereocenters. The summed E-state index contributed by atoms with van der Waals surface area (Å²) in [5.41, 5.74) is 0.944. The van der Waals surface area contributed by atoms with Crippen molar-refractivity contribution >= 4 is 6.01 Å². The van der Waals surface area contributed by atoms with Crippen molar-refractivity contribution in [1.29, 1.82) is 0 Å². The molecule has 0 saturated heterocycles. The van der Waals surface area contributed by atoms with Gasteiger partial charge in [-0.2, -0.15) is 4.98 Å². The molecule has 0 amide bonds. The summed E-state index contributed by atoms with van der Waals surface area (Å²) >= 11 is 0. The smallest absolute Gasteiger partial charge is 0.294 e. The molecule has 0 fully saturated rings. The average Bonchev–Trinajstić information content (AvgIpc) is 2.13. The van der Waals surface area contributed by atoms with Crippen LogP contribution in [0.2, 0.25) is 0 Å². The van der Waals surface area contributed by atoms with E-state index in [1.807, 2.05) is 13.8 Å². The second kappa shape index (κ2) is 2.09. The SMILES string of the molecule is CNc1nc(C)c(C)o1. The Morgan fingerprint density at radius 1 is 1.44 bits per heavy atom. The summed E-state index contributed by atoms with van der Waals surface area (Å²) in [6.45, 7) is 3.81. The van der Waals surface area contributed by atoms with E-state index in [1.165, 1.54) is 0 Å². The molecule has 1 heterocycles. The summed E-state index contributed by atoms with van der Waals surface area (Å²) in [5.74, 6) is 0.874. The van der Waals surface area contributed by atoms with Crippen LogP contribution < -0.4 is 5.32 Å². The molecule has 1 N–H and O–H groups in total. The van der Waals surface area contributed by atoms with E-state index in [0.29, 0.717) is 6.01 Å². The van der Waals surface area contributed by atoms with E-state index in [4.69, 9.17) is 4.42 Å². The molecule has 0 aliphatic heterocycles. The van der Waals surface area contributed by atoms with Crippen molar-refractivity contribution in [2.75, 3.05) is 12.4 Å². The first kappa shape index (κ1) is 6.13. The Kier molecular flexibility index (Phi) is 1.42. The van der Waals surface area contributed by atoms with Gasteiger partial charge < -0.3 is 9.73 Å². The molecule has 0 aliphatic rings. The lowest BCUT2D eigenvalue weighted by Gasteiger charge is -1.85. The summed E-state index contributed by atoms with van der Waals surface area (Å²) in [7, 11) is 1.78. The lowest BCUT2D eigenvalue weighted by Crippen LogP contribution is -1.85. The van der Waals surface area contributed by atoms with Crippen LogP contribution in [0.4, 0.5) is 6.01 Å². The van der Waals surface area contributed by atoms with Crippen molar-refractivity contribution in [3.05, 3.63) is 11.5 Å². The first-order valence-corrected chi connectivity index (χ1v) is 2.86. The molecular weight excluding hydrogens is 116 g/mol. The minimum Gasteiger partial charge on any atom is -0.429 e. The molecule has 0 bridgehead atoms. The number of aromatic nitrogens is 1. The van der Waals surface area contributed by atoms with Gasteiger partial charge in [0.2, 0.25) is 0 Å². The van der Waals surface area contributed by atoms with Crippen molar-refractivity contribution in [3.8, 4) is 0 Å². The molecule has 0 saturated carbocycles. The van der Waals surface area contributed by atoms with Gasteiger partial charge >= 0.3 is 0 Å². The zero-order valence-electron chi connectivity index (χ0n) is 5.86. The first-order valence-electron chi connectivity index (χ1n) is 2.86. The van der Waals surface area contributed by atoms with Crippen LogP contribution >= 0.6 is 0 Å². The molecule has 9 heavy (non-hydrogen) atoms. The van der Waals surface area contributed by atoms with Crippen LogP contribution in [0.5, 0.6) is 0 Å². The summed E-state index contributed by atoms with van der Waals surface area (Å²) in [5, 5.41) is 2.81. The van der Waals surface area contributed by atoms with Crippen molar-refractivity contribution in [3.63, 3.8) is 0 Å². The third-order valence-corrected chi connectivity index (χ3v) is 1.24. The minimum absolute atomic E-state index is 0.588. The summed E-state index contributed by atoms with van der Waals surface area (Å²) in [4.78, 5) is 4.05. The molecule has 0 spiro atoms. The zero-order valence-corrected chi connectivity index (χ0v) is 5.86. The lowest BCUT2D eigenvalue weighted by molar-refractivity contribution is 0.542. The number of nitrogens with zero attached hydrogens (tertiary/aromatic N) is 1. The zero-order chi connectivity index (χ0) is 6.85. The molecule has 0 aliphatic carbocycles. The van der Waals surface area contributed by atoms with Crippen LogP contribution in [0.3, 0.4) is 0 Å². The lowest BCUT2D eigenvalue weighted by atomic mass is 10.4. The monoisotopic (exact) mass is 126 g/mol. The maximum Gasteiger partial charge on any atom is 0.294 e. The van der Waals surface area contributed by atoms with Crippen LogP contribution in [-0.4, -0.2) is 12.0 Å². The van der Waals surface area contributed by atoms with E-state index >= 15 is 0 Å². The van der Waals surface area contributed by atoms with Gasteiger partial charge in [-0.1, -0.05) is 0 Å². The second-order valence-electron chi connectivity index (χ2n) is 1.91. The molecular formula is C6H10N2O. The summed E-state index contributed by atoms with van der Waals surface area (Å²) < 4.78 is 5.14. The molecule has 0 radical (unpaired) electrons. The Morgan fingerprint density at radius 2 is 2.11 bits per heavy atom. The molecule has 50 valence electrons. The third-order valence-electron chi connectivity index (χ3n) is 1.24. The highest BCUT2D eigenvalue weighted by Gasteiger charge is 2.00. The number of oxazole rings is 1. The van der Waals surface area contributed by atoms with E-state index < -0.39 is 0 Å². The fourth-order valence-corrected chi connectivity index (χ4v) is 0.580. The maximum atomic E-state index is 5.14. The largest absolute Gasteiger partial charge is 0.429 e. The predicted molar refractivity (Wildman–Crippen MR) is 35.5 cm³/mol. The van der Waals surface area contributed by atoms with Crippen molar-refractivity contribution < 1.29 is 4.42 Å². The van der Waals surface area contributed by atoms with Gasteiger partial charge in [0, 0.05) is 7.05 Å². The minimum atomic E-state index is 0.588. The number of rotatable bonds is 1. The predicted octanol–water partition coefficient (Wildman–Crippen LogP) is 1.33. The Morgan fingerprint density at radius 3 is 2.33 bits per heavy atom. The van der Waals surface area contributed by atoms with Gasteiger partial charge in [0.05, 0.1) is 5.69 Å². The Balaban J connectivity index is 2.98. The number of hydrogen-bond donors (Lipinski definition) is 1. The van der Waals surface area contributed by atoms with Crippen LogP contribution in [0, 0.1) is 13.8 Å². The Labute approximate surface area is 54.1 Å². The van der Waals surface area contributed by atoms with Gasteiger partial charge in [-0.25, -0.2) is 0 Å². The highest BCUT2D eigenvalue weighted by Crippen LogP contribution is 2.10. The van der Waals surface area contributed by atoms with Crippen molar-refractivity contribution in [2.45, 2.75) is 13.8 Å². The van der Waals surface area contributed by atoms with E-state index in [0.717, 1.165) is 11.5 Å². The van der Waals surface area contributed by atoms with Crippen LogP contribution in [0.25, 0.3) is 0 Å². The fraction of sp³-hybridized carbons (Fsp3) is 0.500. The first-order chi connectivity index (χ1) is 4.24. The molecule has 0 aromatic carbocycles. The number of aryl methyl sites for hydroxylation is 2. The van der Waals surface area contributed by atoms with E-state index in [9.17, 15) is 0 Å². The van der Waals surface area contributed by atoms with Crippen LogP contribution in [0.15, 0.2) is 4.42 Å². The van der Waals surface area contributed by atoms with Crippen LogP contribution in [0.1, 0.15) is 11.5 Å². The summed E-state index contributed by atoms with van der Waals surface area (Å²) in [6, 6.07) is 0.588. The van der Waals surface area contributed by atoms with Gasteiger partial charge in [0.1, 0.15) is 5.76 Å². The van der Waals surface area contributed by atoms with Crippen molar-refractivity contribution in [1.82, 2.24) is 4.98 Å². The topological polar surface area (TPSA) is 38.1 Å².